The molecule has 0 fully saturated rings. The molecule has 17 heteroatoms. The molecular weight excluding hydrogens is 863 g/mol. The molecule has 0 aromatic heterocycles. The number of carbonyl (C=O) groups is 5. The molecule has 3 unspecified atom stereocenters. The normalized spacial score (nSPS) is 15.5. The lowest BCUT2D eigenvalue weighted by Crippen LogP contribution is -2.53. The lowest BCUT2D eigenvalue weighted by atomic mass is 10.0. The summed E-state index contributed by atoms with van der Waals surface area (Å²) in [7, 11) is -3.17. The largest absolute Gasteiger partial charge is 0.540 e. The highest BCUT2D eigenvalue weighted by molar-refractivity contribution is 6.78. The molecule has 1 aliphatic rings. The third-order valence-electron chi connectivity index (χ3n) is 12.6. The van der Waals surface area contributed by atoms with Crippen molar-refractivity contribution in [2.24, 2.45) is 5.92 Å². The summed E-state index contributed by atoms with van der Waals surface area (Å²) in [5, 5.41) is 19.4. The molecule has 0 aliphatic carbocycles. The Morgan fingerprint density at radius 1 is 0.862 bits per heavy atom. The van der Waals surface area contributed by atoms with Gasteiger partial charge in [0.25, 0.3) is 14.2 Å². The molecule has 65 heavy (non-hydrogen) atoms. The second-order valence-corrected chi connectivity index (χ2v) is 29.8. The second-order valence-electron chi connectivity index (χ2n) is 19.6. The lowest BCUT2D eigenvalue weighted by Gasteiger charge is -2.42. The third-order valence-corrected chi connectivity index (χ3v) is 23.1. The summed E-state index contributed by atoms with van der Waals surface area (Å²) in [6, 6.07) is 7.61. The molecule has 360 valence electrons. The number of carboxylic acid groups (broad SMARTS) is 1. The number of nitrogens with one attached hydrogen (secondary N) is 4. The number of carbonyl (C=O) groups excluding carboxylic acids is 4. The van der Waals surface area contributed by atoms with Crippen LogP contribution in [-0.2, 0) is 25.4 Å². The van der Waals surface area contributed by atoms with Crippen LogP contribution in [0.2, 0.25) is 34.8 Å². The van der Waals surface area contributed by atoms with Gasteiger partial charge in [-0.2, -0.15) is 0 Å². The maximum absolute atomic E-state index is 14.9. The van der Waals surface area contributed by atoms with Crippen molar-refractivity contribution in [3.8, 4) is 11.5 Å². The summed E-state index contributed by atoms with van der Waals surface area (Å²) in [5.41, 5.74) is 3.08. The molecule has 5 N–H and O–H groups in total. The Bertz CT molecular complexity index is 2040. The van der Waals surface area contributed by atoms with Crippen LogP contribution in [-0.4, -0.2) is 88.4 Å². The van der Waals surface area contributed by atoms with Crippen LogP contribution in [0.15, 0.2) is 60.3 Å². The van der Waals surface area contributed by atoms with Crippen molar-refractivity contribution < 1.29 is 47.4 Å². The molecule has 0 bridgehead atoms. The maximum atomic E-state index is 14.9. The Morgan fingerprint density at radius 3 is 1.97 bits per heavy atom. The van der Waals surface area contributed by atoms with E-state index in [0.29, 0.717) is 35.8 Å². The van der Waals surface area contributed by atoms with Crippen molar-refractivity contribution in [2.45, 2.75) is 156 Å². The highest BCUT2D eigenvalue weighted by atomic mass is 28.4. The Hall–Kier alpha value is -5.14. The number of ether oxygens (including phenoxy) is 2. The van der Waals surface area contributed by atoms with Gasteiger partial charge in [0.05, 0.1) is 31.0 Å². The zero-order valence-electron chi connectivity index (χ0n) is 41.4. The fourth-order valence-electron chi connectivity index (χ4n) is 7.95. The quantitative estimate of drug-likeness (QED) is 0.0798. The predicted octanol–water partition coefficient (Wildman–Crippen LogP) is 10.4. The number of hydrogen-bond donors (Lipinski definition) is 5. The highest BCUT2D eigenvalue weighted by Crippen LogP contribution is 2.46. The van der Waals surface area contributed by atoms with Gasteiger partial charge in [-0.3, -0.25) is 19.7 Å². The van der Waals surface area contributed by atoms with E-state index in [2.05, 4.69) is 96.7 Å². The summed E-state index contributed by atoms with van der Waals surface area (Å²) in [6.45, 7) is 31.0. The first-order valence-electron chi connectivity index (χ1n) is 22.5. The molecule has 0 saturated heterocycles. The smallest absolute Gasteiger partial charge is 0.411 e. The van der Waals surface area contributed by atoms with Gasteiger partial charge < -0.3 is 44.3 Å². The van der Waals surface area contributed by atoms with E-state index < -0.39 is 52.7 Å². The highest BCUT2D eigenvalue weighted by Gasteiger charge is 2.48. The van der Waals surface area contributed by atoms with E-state index >= 15 is 0 Å². The molecule has 2 aromatic carbocycles. The van der Waals surface area contributed by atoms with Gasteiger partial charge in [0.1, 0.15) is 24.4 Å². The van der Waals surface area contributed by atoms with E-state index in [0.717, 1.165) is 5.57 Å². The predicted molar refractivity (Wildman–Crippen MR) is 262 cm³/mol. The summed E-state index contributed by atoms with van der Waals surface area (Å²) < 4.78 is 25.4. The molecule has 0 radical (unpaired) electrons. The second kappa shape index (κ2) is 22.9. The molecule has 5 amide bonds. The minimum Gasteiger partial charge on any atom is -0.540 e. The van der Waals surface area contributed by atoms with Gasteiger partial charge in [-0.15, -0.1) is 0 Å². The van der Waals surface area contributed by atoms with E-state index in [1.165, 1.54) is 14.0 Å². The van der Waals surface area contributed by atoms with Gasteiger partial charge in [0.15, 0.2) is 14.1 Å². The molecule has 15 nitrogen and oxygen atoms in total. The molecule has 0 saturated carbocycles. The van der Waals surface area contributed by atoms with Crippen LogP contribution in [0.25, 0.3) is 0 Å². The standard InChI is InChI=1S/C48H75N5O10Si2/c1-17-18-35-23-37(28-62-64(15,16)48(11,12)13)53(26-35)45(56)38-24-40(60-14)41(63-65(30(4)5,31(6)7)32(8)9)25-39(38)51-47(59)61-27-34-19-21-36(22-20-34)50-43(54)33(10)49-44(55)42(29(2)3)52-46(57)58/h17-22,24-26,29-33,37,42,52H,23,27-28H2,1-16H3,(H,49,55)(H,50,54)(H,51,59)(H,57,58). The first-order valence-corrected chi connectivity index (χ1v) is 27.6. The molecule has 3 rings (SSSR count). The first kappa shape index (κ1) is 54.2. The number of methoxy groups -OCH3 is 1. The van der Waals surface area contributed by atoms with Gasteiger partial charge >= 0.3 is 12.2 Å². The van der Waals surface area contributed by atoms with Crippen molar-refractivity contribution in [1.29, 1.82) is 0 Å². The molecule has 2 aromatic rings. The molecule has 1 aliphatic heterocycles. The summed E-state index contributed by atoms with van der Waals surface area (Å²) in [5.74, 6) is -1.03. The third kappa shape index (κ3) is 13.9. The van der Waals surface area contributed by atoms with E-state index in [-0.39, 0.29) is 57.4 Å². The van der Waals surface area contributed by atoms with Crippen LogP contribution in [0.4, 0.5) is 21.0 Å². The van der Waals surface area contributed by atoms with Gasteiger partial charge in [0.2, 0.25) is 11.8 Å². The van der Waals surface area contributed by atoms with E-state index in [9.17, 15) is 24.0 Å². The van der Waals surface area contributed by atoms with Gasteiger partial charge in [-0.1, -0.05) is 100 Å². The number of amides is 5. The van der Waals surface area contributed by atoms with E-state index in [4.69, 9.17) is 23.4 Å². The zero-order valence-corrected chi connectivity index (χ0v) is 43.4. The van der Waals surface area contributed by atoms with Crippen LogP contribution in [0, 0.1) is 5.92 Å². The number of hydrogen-bond acceptors (Lipinski definition) is 9. The van der Waals surface area contributed by atoms with E-state index in [1.54, 1.807) is 55.1 Å². The van der Waals surface area contributed by atoms with Crippen LogP contribution in [0.1, 0.15) is 112 Å². The summed E-state index contributed by atoms with van der Waals surface area (Å²) in [6.07, 6.45) is 4.23. The summed E-state index contributed by atoms with van der Waals surface area (Å²) >= 11 is 0. The minimum absolute atomic E-state index is 0.0271. The lowest BCUT2D eigenvalue weighted by molar-refractivity contribution is -0.128. The van der Waals surface area contributed by atoms with Gasteiger partial charge in [-0.05, 0) is 90.3 Å². The van der Waals surface area contributed by atoms with Crippen LogP contribution < -0.4 is 30.4 Å². The number of benzene rings is 2. The number of rotatable bonds is 20. The molecule has 0 spiro atoms. The molecule has 1 heterocycles. The van der Waals surface area contributed by atoms with Crippen LogP contribution in [0.3, 0.4) is 0 Å². The van der Waals surface area contributed by atoms with E-state index in [1.807, 2.05) is 25.3 Å². The Kier molecular flexibility index (Phi) is 19.1. The summed E-state index contributed by atoms with van der Waals surface area (Å²) in [4.78, 5) is 67.0. The monoisotopic (exact) mass is 938 g/mol. The minimum atomic E-state index is -2.54. The van der Waals surface area contributed by atoms with Crippen molar-refractivity contribution in [2.75, 3.05) is 24.4 Å². The fourth-order valence-corrected chi connectivity index (χ4v) is 14.2. The van der Waals surface area contributed by atoms with Crippen LogP contribution in [0.5, 0.6) is 11.5 Å². The topological polar surface area (TPSA) is 194 Å². The Balaban J connectivity index is 1.93. The van der Waals surface area contributed by atoms with Crippen molar-refractivity contribution in [3.05, 3.63) is 71.5 Å². The number of allylic oxidation sites excluding steroid dienone is 2. The van der Waals surface area contributed by atoms with Crippen molar-refractivity contribution in [3.63, 3.8) is 0 Å². The Morgan fingerprint density at radius 2 is 1.46 bits per heavy atom. The average Bonchev–Trinajstić information content (AvgIpc) is 3.62. The van der Waals surface area contributed by atoms with Gasteiger partial charge in [0, 0.05) is 18.0 Å². The molecular formula is C48H75N5O10Si2. The fraction of sp³-hybridized carbons (Fsp3) is 0.562. The van der Waals surface area contributed by atoms with Gasteiger partial charge in [-0.25, -0.2) is 9.59 Å². The first-order chi connectivity index (χ1) is 30.2. The zero-order chi connectivity index (χ0) is 49.2. The van der Waals surface area contributed by atoms with Crippen molar-refractivity contribution >= 4 is 57.9 Å². The number of anilines is 2. The van der Waals surface area contributed by atoms with Crippen LogP contribution >= 0.6 is 0 Å². The maximum Gasteiger partial charge on any atom is 0.411 e. The number of nitrogens with zero attached hydrogens (tertiary/aromatic N) is 1. The Labute approximate surface area is 388 Å². The molecule has 3 atom stereocenters. The average molecular weight is 938 g/mol. The van der Waals surface area contributed by atoms with Crippen molar-refractivity contribution in [1.82, 2.24) is 15.5 Å². The SMILES string of the molecule is CC=CC1=CN(C(=O)c2cc(OC)c(O[Si](C(C)C)(C(C)C)C(C)C)cc2NC(=O)OCc2ccc(NC(=O)C(C)NC(=O)C(NC(=O)O)C(C)C)cc2)C(CO[Si](C)(C)C(C)(C)C)C1.